The number of aromatic nitrogens is 1. The molecule has 0 unspecified atom stereocenters. The second-order valence-electron chi connectivity index (χ2n) is 3.98. The normalized spacial score (nSPS) is 11.7. The number of rotatable bonds is 5. The summed E-state index contributed by atoms with van der Waals surface area (Å²) < 4.78 is 32.0. The van der Waals surface area contributed by atoms with Crippen LogP contribution in [0.2, 0.25) is 0 Å². The quantitative estimate of drug-likeness (QED) is 0.849. The minimum Gasteiger partial charge on any atom is -0.464 e. The maximum Gasteiger partial charge on any atom is 0.244 e. The van der Waals surface area contributed by atoms with E-state index in [4.69, 9.17) is 10.2 Å². The van der Waals surface area contributed by atoms with Crippen LogP contribution in [0.5, 0.6) is 0 Å². The van der Waals surface area contributed by atoms with Crippen molar-refractivity contribution < 1.29 is 12.8 Å². The molecule has 2 rings (SSSR count). The molecule has 2 heterocycles. The zero-order chi connectivity index (χ0) is 13.9. The standard InChI is InChI=1S/C12H15N3O3S/c1-9-12(6-11(7-13)18-9)19(16,17)15-8-10-4-2-3-5-14-10/h2-6,15H,7-8,13H2,1H3. The maximum absolute atomic E-state index is 12.1. The van der Waals surface area contributed by atoms with Crippen molar-refractivity contribution in [1.29, 1.82) is 0 Å². The minimum atomic E-state index is -3.62. The molecule has 3 N–H and O–H groups in total. The highest BCUT2D eigenvalue weighted by atomic mass is 32.2. The van der Waals surface area contributed by atoms with E-state index in [0.717, 1.165) is 0 Å². The third kappa shape index (κ3) is 3.19. The molecule has 0 aliphatic rings. The Balaban J connectivity index is 2.16. The summed E-state index contributed by atoms with van der Waals surface area (Å²) in [7, 11) is -3.62. The van der Waals surface area contributed by atoms with Gasteiger partial charge < -0.3 is 10.2 Å². The van der Waals surface area contributed by atoms with Gasteiger partial charge in [-0.15, -0.1) is 0 Å². The fourth-order valence-corrected chi connectivity index (χ4v) is 2.84. The molecule has 0 spiro atoms. The van der Waals surface area contributed by atoms with Gasteiger partial charge in [-0.05, 0) is 19.1 Å². The largest absolute Gasteiger partial charge is 0.464 e. The summed E-state index contributed by atoms with van der Waals surface area (Å²) >= 11 is 0. The van der Waals surface area contributed by atoms with Gasteiger partial charge in [0.25, 0.3) is 0 Å². The van der Waals surface area contributed by atoms with E-state index in [1.54, 1.807) is 31.3 Å². The van der Waals surface area contributed by atoms with Crippen LogP contribution in [0.4, 0.5) is 0 Å². The number of sulfonamides is 1. The molecule has 0 bridgehead atoms. The Hall–Kier alpha value is -1.70. The first-order chi connectivity index (χ1) is 9.03. The average molecular weight is 281 g/mol. The molecule has 0 saturated carbocycles. The number of pyridine rings is 1. The highest BCUT2D eigenvalue weighted by molar-refractivity contribution is 7.89. The predicted octanol–water partition coefficient (Wildman–Crippen LogP) is 0.920. The lowest BCUT2D eigenvalue weighted by Gasteiger charge is -2.04. The Kier molecular flexibility index (Phi) is 3.98. The van der Waals surface area contributed by atoms with Gasteiger partial charge in [-0.1, -0.05) is 6.07 Å². The first-order valence-electron chi connectivity index (χ1n) is 5.72. The number of aryl methyl sites for hydroxylation is 1. The van der Waals surface area contributed by atoms with Gasteiger partial charge in [0.05, 0.1) is 18.8 Å². The Labute approximate surface area is 111 Å². The van der Waals surface area contributed by atoms with Crippen LogP contribution in [-0.4, -0.2) is 13.4 Å². The zero-order valence-corrected chi connectivity index (χ0v) is 11.3. The lowest BCUT2D eigenvalue weighted by Crippen LogP contribution is -2.23. The van der Waals surface area contributed by atoms with Gasteiger partial charge in [0.2, 0.25) is 10.0 Å². The van der Waals surface area contributed by atoms with Crippen molar-refractivity contribution in [2.24, 2.45) is 5.73 Å². The Morgan fingerprint density at radius 2 is 2.21 bits per heavy atom. The summed E-state index contributed by atoms with van der Waals surface area (Å²) in [5.74, 6) is 0.768. The van der Waals surface area contributed by atoms with Gasteiger partial charge in [0.15, 0.2) is 0 Å². The van der Waals surface area contributed by atoms with E-state index in [2.05, 4.69) is 9.71 Å². The minimum absolute atomic E-state index is 0.115. The van der Waals surface area contributed by atoms with Crippen molar-refractivity contribution in [3.05, 3.63) is 47.7 Å². The van der Waals surface area contributed by atoms with Gasteiger partial charge in [0.1, 0.15) is 16.4 Å². The van der Waals surface area contributed by atoms with Crippen LogP contribution in [0.1, 0.15) is 17.2 Å². The number of nitrogens with one attached hydrogen (secondary N) is 1. The van der Waals surface area contributed by atoms with Gasteiger partial charge in [0, 0.05) is 12.3 Å². The van der Waals surface area contributed by atoms with Crippen molar-refractivity contribution in [1.82, 2.24) is 9.71 Å². The van der Waals surface area contributed by atoms with E-state index in [1.807, 2.05) is 0 Å². The lowest BCUT2D eigenvalue weighted by molar-refractivity contribution is 0.478. The molecular formula is C12H15N3O3S. The van der Waals surface area contributed by atoms with E-state index < -0.39 is 10.0 Å². The van der Waals surface area contributed by atoms with Crippen molar-refractivity contribution in [2.75, 3.05) is 0 Å². The Morgan fingerprint density at radius 3 is 2.79 bits per heavy atom. The van der Waals surface area contributed by atoms with Crippen molar-refractivity contribution in [3.8, 4) is 0 Å². The van der Waals surface area contributed by atoms with Crippen LogP contribution in [0.25, 0.3) is 0 Å². The van der Waals surface area contributed by atoms with Crippen LogP contribution in [0, 0.1) is 6.92 Å². The van der Waals surface area contributed by atoms with E-state index >= 15 is 0 Å². The third-order valence-corrected chi connectivity index (χ3v) is 4.09. The molecule has 0 fully saturated rings. The van der Waals surface area contributed by atoms with Crippen molar-refractivity contribution in [2.45, 2.75) is 24.9 Å². The zero-order valence-electron chi connectivity index (χ0n) is 10.5. The van der Waals surface area contributed by atoms with Gasteiger partial charge in [-0.25, -0.2) is 13.1 Å². The molecule has 6 nitrogen and oxygen atoms in total. The Morgan fingerprint density at radius 1 is 1.42 bits per heavy atom. The SMILES string of the molecule is Cc1oc(CN)cc1S(=O)(=O)NCc1ccccn1. The third-order valence-electron chi connectivity index (χ3n) is 2.58. The highest BCUT2D eigenvalue weighted by Gasteiger charge is 2.20. The van der Waals surface area contributed by atoms with Crippen molar-refractivity contribution >= 4 is 10.0 Å². The molecule has 0 radical (unpaired) electrons. The second-order valence-corrected chi connectivity index (χ2v) is 5.72. The molecule has 7 heteroatoms. The molecule has 102 valence electrons. The van der Waals surface area contributed by atoms with Crippen LogP contribution < -0.4 is 10.5 Å². The molecular weight excluding hydrogens is 266 g/mol. The number of nitrogens with two attached hydrogens (primary N) is 1. The summed E-state index contributed by atoms with van der Waals surface area (Å²) in [4.78, 5) is 4.16. The second kappa shape index (κ2) is 5.52. The van der Waals surface area contributed by atoms with E-state index in [0.29, 0.717) is 17.2 Å². The fraction of sp³-hybridized carbons (Fsp3) is 0.250. The molecule has 2 aromatic rings. The monoisotopic (exact) mass is 281 g/mol. The van der Waals surface area contributed by atoms with Gasteiger partial charge in [-0.3, -0.25) is 4.98 Å². The smallest absolute Gasteiger partial charge is 0.244 e. The number of furan rings is 1. The lowest BCUT2D eigenvalue weighted by atomic mass is 10.4. The molecule has 0 atom stereocenters. The molecule has 0 aliphatic heterocycles. The van der Waals surface area contributed by atoms with Gasteiger partial charge in [-0.2, -0.15) is 0 Å². The number of hydrogen-bond donors (Lipinski definition) is 2. The summed E-state index contributed by atoms with van der Waals surface area (Å²) in [6, 6.07) is 6.75. The van der Waals surface area contributed by atoms with E-state index in [1.165, 1.54) is 6.07 Å². The summed E-state index contributed by atoms with van der Waals surface area (Å²) in [5.41, 5.74) is 6.07. The highest BCUT2D eigenvalue weighted by Crippen LogP contribution is 2.19. The fourth-order valence-electron chi connectivity index (χ4n) is 1.64. The molecule has 0 amide bonds. The molecule has 19 heavy (non-hydrogen) atoms. The summed E-state index contributed by atoms with van der Waals surface area (Å²) in [5, 5.41) is 0. The number of hydrogen-bond acceptors (Lipinski definition) is 5. The van der Waals surface area contributed by atoms with E-state index in [9.17, 15) is 8.42 Å². The maximum atomic E-state index is 12.1. The molecule has 0 aromatic carbocycles. The van der Waals surface area contributed by atoms with Gasteiger partial charge >= 0.3 is 0 Å². The summed E-state index contributed by atoms with van der Waals surface area (Å²) in [6.07, 6.45) is 1.61. The Bertz CT molecular complexity index is 650. The average Bonchev–Trinajstić information content (AvgIpc) is 2.80. The van der Waals surface area contributed by atoms with Crippen LogP contribution in [-0.2, 0) is 23.1 Å². The predicted molar refractivity (Wildman–Crippen MR) is 69.6 cm³/mol. The first kappa shape index (κ1) is 13.7. The van der Waals surface area contributed by atoms with Crippen LogP contribution >= 0.6 is 0 Å². The molecule has 0 saturated heterocycles. The molecule has 2 aromatic heterocycles. The number of nitrogens with zero attached hydrogens (tertiary/aromatic N) is 1. The van der Waals surface area contributed by atoms with Crippen LogP contribution in [0.3, 0.4) is 0 Å². The summed E-state index contributed by atoms with van der Waals surface area (Å²) in [6.45, 7) is 1.89. The first-order valence-corrected chi connectivity index (χ1v) is 7.20. The topological polar surface area (TPSA) is 98.2 Å². The van der Waals surface area contributed by atoms with Crippen molar-refractivity contribution in [3.63, 3.8) is 0 Å². The van der Waals surface area contributed by atoms with E-state index in [-0.39, 0.29) is 18.0 Å². The van der Waals surface area contributed by atoms with Crippen LogP contribution in [0.15, 0.2) is 39.8 Å². The molecule has 0 aliphatic carbocycles.